The molecule has 4 heteroatoms. The molecule has 0 radical (unpaired) electrons. The van der Waals surface area contributed by atoms with Crippen LogP contribution in [0.3, 0.4) is 0 Å². The molecule has 2 N–H and O–H groups in total. The number of aromatic nitrogens is 1. The van der Waals surface area contributed by atoms with Crippen molar-refractivity contribution in [1.29, 1.82) is 0 Å². The molecule has 0 aliphatic carbocycles. The number of aryl methyl sites for hydroxylation is 2. The number of pyridine rings is 1. The van der Waals surface area contributed by atoms with E-state index in [4.69, 9.17) is 10.5 Å². The molecule has 2 aromatic rings. The van der Waals surface area contributed by atoms with Crippen molar-refractivity contribution in [3.63, 3.8) is 0 Å². The summed E-state index contributed by atoms with van der Waals surface area (Å²) >= 11 is 0. The Balaban J connectivity index is 2.49. The van der Waals surface area contributed by atoms with Gasteiger partial charge in [0.1, 0.15) is 5.75 Å². The lowest BCUT2D eigenvalue weighted by Crippen LogP contribution is -2.15. The Kier molecular flexibility index (Phi) is 4.25. The van der Waals surface area contributed by atoms with Crippen LogP contribution in [-0.4, -0.2) is 19.1 Å². The third-order valence-corrected chi connectivity index (χ3v) is 3.44. The Morgan fingerprint density at radius 1 is 1.25 bits per heavy atom. The number of anilines is 2. The van der Waals surface area contributed by atoms with E-state index in [1.807, 2.05) is 45.2 Å². The fraction of sp³-hybridized carbons (Fsp3) is 0.312. The number of ether oxygens (including phenoxy) is 1. The van der Waals surface area contributed by atoms with E-state index in [1.54, 1.807) is 7.11 Å². The highest BCUT2D eigenvalue weighted by Crippen LogP contribution is 2.30. The maximum Gasteiger partial charge on any atom is 0.120 e. The summed E-state index contributed by atoms with van der Waals surface area (Å²) in [7, 11) is 3.70. The molecule has 0 atom stereocenters. The third kappa shape index (κ3) is 2.75. The Labute approximate surface area is 120 Å². The molecule has 106 valence electrons. The summed E-state index contributed by atoms with van der Waals surface area (Å²) in [6.45, 7) is 4.47. The van der Waals surface area contributed by atoms with Crippen LogP contribution in [0.1, 0.15) is 17.0 Å². The van der Waals surface area contributed by atoms with E-state index in [0.29, 0.717) is 6.54 Å². The number of rotatable bonds is 4. The molecule has 1 heterocycles. The summed E-state index contributed by atoms with van der Waals surface area (Å²) in [6.07, 6.45) is 0. The van der Waals surface area contributed by atoms with Gasteiger partial charge in [-0.25, -0.2) is 0 Å². The van der Waals surface area contributed by atoms with Gasteiger partial charge in [-0.15, -0.1) is 0 Å². The van der Waals surface area contributed by atoms with Gasteiger partial charge in [-0.1, -0.05) is 6.07 Å². The minimum absolute atomic E-state index is 0.475. The lowest BCUT2D eigenvalue weighted by atomic mass is 10.1. The van der Waals surface area contributed by atoms with E-state index in [2.05, 4.69) is 16.0 Å². The SMILES string of the molecule is COc1cccc(N(C)c2cc(C)nc(C)c2CN)c1. The molecule has 0 amide bonds. The van der Waals surface area contributed by atoms with Crippen LogP contribution >= 0.6 is 0 Å². The first-order valence-electron chi connectivity index (χ1n) is 6.61. The first-order chi connectivity index (χ1) is 9.56. The molecular formula is C16H21N3O. The molecule has 0 aliphatic rings. The minimum Gasteiger partial charge on any atom is -0.497 e. The Bertz CT molecular complexity index is 611. The fourth-order valence-electron chi connectivity index (χ4n) is 2.34. The van der Waals surface area contributed by atoms with Gasteiger partial charge in [-0.2, -0.15) is 0 Å². The topological polar surface area (TPSA) is 51.4 Å². The maximum atomic E-state index is 5.88. The quantitative estimate of drug-likeness (QED) is 0.929. The van der Waals surface area contributed by atoms with Crippen LogP contribution in [0, 0.1) is 13.8 Å². The van der Waals surface area contributed by atoms with Gasteiger partial charge in [0.25, 0.3) is 0 Å². The highest BCUT2D eigenvalue weighted by molar-refractivity contribution is 5.67. The standard InChI is InChI=1S/C16H21N3O/c1-11-8-16(15(10-17)12(2)18-11)19(3)13-6-5-7-14(9-13)20-4/h5-9H,10,17H2,1-4H3. The molecule has 2 rings (SSSR count). The Morgan fingerprint density at radius 2 is 2.00 bits per heavy atom. The van der Waals surface area contributed by atoms with E-state index in [9.17, 15) is 0 Å². The zero-order chi connectivity index (χ0) is 14.7. The van der Waals surface area contributed by atoms with Gasteiger partial charge in [0.15, 0.2) is 0 Å². The number of nitrogens with zero attached hydrogens (tertiary/aromatic N) is 2. The van der Waals surface area contributed by atoms with Crippen LogP contribution in [0.5, 0.6) is 5.75 Å². The second-order valence-electron chi connectivity index (χ2n) is 4.81. The lowest BCUT2D eigenvalue weighted by Gasteiger charge is -2.24. The zero-order valence-corrected chi connectivity index (χ0v) is 12.5. The van der Waals surface area contributed by atoms with E-state index < -0.39 is 0 Å². The van der Waals surface area contributed by atoms with E-state index in [1.165, 1.54) is 0 Å². The van der Waals surface area contributed by atoms with Crippen molar-refractivity contribution >= 4 is 11.4 Å². The number of methoxy groups -OCH3 is 1. The molecule has 1 aromatic carbocycles. The van der Waals surface area contributed by atoms with Crippen molar-refractivity contribution in [2.75, 3.05) is 19.1 Å². The van der Waals surface area contributed by atoms with Crippen molar-refractivity contribution < 1.29 is 4.74 Å². The van der Waals surface area contributed by atoms with Crippen molar-refractivity contribution in [2.45, 2.75) is 20.4 Å². The number of benzene rings is 1. The van der Waals surface area contributed by atoms with E-state index in [-0.39, 0.29) is 0 Å². The minimum atomic E-state index is 0.475. The highest BCUT2D eigenvalue weighted by atomic mass is 16.5. The van der Waals surface area contributed by atoms with Crippen LogP contribution in [0.4, 0.5) is 11.4 Å². The Morgan fingerprint density at radius 3 is 2.65 bits per heavy atom. The van der Waals surface area contributed by atoms with Gasteiger partial charge < -0.3 is 15.4 Å². The molecule has 1 aromatic heterocycles. The average Bonchev–Trinajstić information content (AvgIpc) is 2.45. The van der Waals surface area contributed by atoms with Gasteiger partial charge in [0, 0.05) is 48.0 Å². The molecule has 0 aliphatic heterocycles. The van der Waals surface area contributed by atoms with Crippen LogP contribution in [-0.2, 0) is 6.54 Å². The molecular weight excluding hydrogens is 250 g/mol. The first-order valence-corrected chi connectivity index (χ1v) is 6.61. The second kappa shape index (κ2) is 5.92. The smallest absolute Gasteiger partial charge is 0.120 e. The summed E-state index contributed by atoms with van der Waals surface area (Å²) in [4.78, 5) is 6.60. The second-order valence-corrected chi connectivity index (χ2v) is 4.81. The van der Waals surface area contributed by atoms with Gasteiger partial charge in [-0.3, -0.25) is 4.98 Å². The van der Waals surface area contributed by atoms with Crippen molar-refractivity contribution in [3.8, 4) is 5.75 Å². The van der Waals surface area contributed by atoms with Crippen LogP contribution in [0.2, 0.25) is 0 Å². The first kappa shape index (κ1) is 14.3. The van der Waals surface area contributed by atoms with Crippen LogP contribution < -0.4 is 15.4 Å². The van der Waals surface area contributed by atoms with Crippen molar-refractivity contribution in [2.24, 2.45) is 5.73 Å². The van der Waals surface area contributed by atoms with Gasteiger partial charge in [0.2, 0.25) is 0 Å². The summed E-state index contributed by atoms with van der Waals surface area (Å²) in [5.41, 5.74) is 11.1. The normalized spacial score (nSPS) is 10.4. The summed E-state index contributed by atoms with van der Waals surface area (Å²) < 4.78 is 5.28. The maximum absolute atomic E-state index is 5.88. The molecule has 0 saturated heterocycles. The molecule has 4 nitrogen and oxygen atoms in total. The number of nitrogens with two attached hydrogens (primary N) is 1. The predicted octanol–water partition coefficient (Wildman–Crippen LogP) is 2.93. The lowest BCUT2D eigenvalue weighted by molar-refractivity contribution is 0.415. The highest BCUT2D eigenvalue weighted by Gasteiger charge is 2.13. The molecule has 20 heavy (non-hydrogen) atoms. The van der Waals surface area contributed by atoms with Gasteiger partial charge in [0.05, 0.1) is 7.11 Å². The average molecular weight is 271 g/mol. The van der Waals surface area contributed by atoms with Crippen LogP contribution in [0.25, 0.3) is 0 Å². The van der Waals surface area contributed by atoms with Gasteiger partial charge in [-0.05, 0) is 32.0 Å². The van der Waals surface area contributed by atoms with E-state index >= 15 is 0 Å². The largest absolute Gasteiger partial charge is 0.497 e. The van der Waals surface area contributed by atoms with Crippen molar-refractivity contribution in [1.82, 2.24) is 4.98 Å². The van der Waals surface area contributed by atoms with Gasteiger partial charge >= 0.3 is 0 Å². The van der Waals surface area contributed by atoms with E-state index in [0.717, 1.165) is 34.1 Å². The number of hydrogen-bond donors (Lipinski definition) is 1. The third-order valence-electron chi connectivity index (χ3n) is 3.44. The number of hydrogen-bond acceptors (Lipinski definition) is 4. The predicted molar refractivity (Wildman–Crippen MR) is 82.7 cm³/mol. The summed E-state index contributed by atoms with van der Waals surface area (Å²) in [5.74, 6) is 0.839. The molecule has 0 saturated carbocycles. The molecule has 0 spiro atoms. The summed E-state index contributed by atoms with van der Waals surface area (Å²) in [5, 5.41) is 0. The molecule has 0 unspecified atom stereocenters. The zero-order valence-electron chi connectivity index (χ0n) is 12.5. The van der Waals surface area contributed by atoms with Crippen LogP contribution in [0.15, 0.2) is 30.3 Å². The molecule has 0 bridgehead atoms. The fourth-order valence-corrected chi connectivity index (χ4v) is 2.34. The Hall–Kier alpha value is -2.07. The molecule has 0 fully saturated rings. The monoisotopic (exact) mass is 271 g/mol. The van der Waals surface area contributed by atoms with Crippen molar-refractivity contribution in [3.05, 3.63) is 47.3 Å². The summed E-state index contributed by atoms with van der Waals surface area (Å²) in [6, 6.07) is 10.0.